The van der Waals surface area contributed by atoms with Gasteiger partial charge in [-0.3, -0.25) is 24.6 Å². The molecule has 0 spiro atoms. The topological polar surface area (TPSA) is 110 Å². The van der Waals surface area contributed by atoms with Gasteiger partial charge in [0.25, 0.3) is 17.5 Å². The number of benzene rings is 2. The van der Waals surface area contributed by atoms with Crippen molar-refractivity contribution in [3.05, 3.63) is 68.7 Å². The third-order valence-corrected chi connectivity index (χ3v) is 4.08. The first-order valence-corrected chi connectivity index (χ1v) is 7.96. The van der Waals surface area contributed by atoms with Crippen LogP contribution in [0.2, 0.25) is 5.02 Å². The molecule has 3 rings (SSSR count). The smallest absolute Gasteiger partial charge is 0.282 e. The van der Waals surface area contributed by atoms with E-state index in [1.807, 2.05) is 0 Å². The fourth-order valence-electron chi connectivity index (χ4n) is 2.62. The molecule has 0 radical (unpaired) electrons. The number of ether oxygens (including phenoxy) is 1. The van der Waals surface area contributed by atoms with Gasteiger partial charge in [0.05, 0.1) is 17.0 Å². The van der Waals surface area contributed by atoms with Crippen LogP contribution in [0.5, 0.6) is 5.75 Å². The van der Waals surface area contributed by atoms with Crippen molar-refractivity contribution in [2.24, 2.45) is 0 Å². The molecule has 1 atom stereocenters. The van der Waals surface area contributed by atoms with E-state index >= 15 is 0 Å². The zero-order valence-corrected chi connectivity index (χ0v) is 14.0. The number of fused-ring (bicyclic) bond motifs is 1. The van der Waals surface area contributed by atoms with E-state index in [0.29, 0.717) is 10.8 Å². The summed E-state index contributed by atoms with van der Waals surface area (Å²) in [5, 5.41) is 21.7. The van der Waals surface area contributed by atoms with E-state index in [0.717, 1.165) is 11.0 Å². The maximum absolute atomic E-state index is 12.4. The number of β-amino-alcohol motifs (C(OH)–C–C–N with tert-alkyl or cyclic N) is 1. The van der Waals surface area contributed by atoms with Crippen molar-refractivity contribution in [3.8, 4) is 5.75 Å². The number of hydrogen-bond donors (Lipinski definition) is 1. The Morgan fingerprint density at radius 2 is 1.85 bits per heavy atom. The Morgan fingerprint density at radius 3 is 2.50 bits per heavy atom. The summed E-state index contributed by atoms with van der Waals surface area (Å²) in [4.78, 5) is 35.9. The fraction of sp³-hybridized carbons (Fsp3) is 0.176. The average Bonchev–Trinajstić information content (AvgIpc) is 2.86. The van der Waals surface area contributed by atoms with Crippen molar-refractivity contribution in [2.45, 2.75) is 6.10 Å². The SMILES string of the molecule is O=C1c2cccc([N+](=O)[O-])c2C(=O)N1CC(O)COc1ccc(Cl)cc1. The molecule has 134 valence electrons. The van der Waals surface area contributed by atoms with Gasteiger partial charge in [0, 0.05) is 11.1 Å². The molecule has 1 aliphatic rings. The third kappa shape index (κ3) is 3.37. The first kappa shape index (κ1) is 17.8. The van der Waals surface area contributed by atoms with Gasteiger partial charge in [0.2, 0.25) is 0 Å². The van der Waals surface area contributed by atoms with E-state index in [1.54, 1.807) is 24.3 Å². The summed E-state index contributed by atoms with van der Waals surface area (Å²) in [6.45, 7) is -0.506. The summed E-state index contributed by atoms with van der Waals surface area (Å²) in [5.74, 6) is -1.02. The van der Waals surface area contributed by atoms with E-state index in [1.165, 1.54) is 12.1 Å². The number of carbonyl (C=O) groups is 2. The predicted octanol–water partition coefficient (Wildman–Crippen LogP) is 2.28. The van der Waals surface area contributed by atoms with Crippen LogP contribution >= 0.6 is 11.6 Å². The highest BCUT2D eigenvalue weighted by Gasteiger charge is 2.41. The lowest BCUT2D eigenvalue weighted by Crippen LogP contribution is -2.39. The van der Waals surface area contributed by atoms with Gasteiger partial charge in [-0.2, -0.15) is 0 Å². The van der Waals surface area contributed by atoms with Gasteiger partial charge in [0.15, 0.2) is 0 Å². The summed E-state index contributed by atoms with van der Waals surface area (Å²) in [5.41, 5.74) is -0.737. The monoisotopic (exact) mass is 376 g/mol. The lowest BCUT2D eigenvalue weighted by atomic mass is 10.1. The minimum absolute atomic E-state index is 0.0463. The Hall–Kier alpha value is -2.97. The van der Waals surface area contributed by atoms with Crippen molar-refractivity contribution in [1.82, 2.24) is 4.90 Å². The first-order valence-electron chi connectivity index (χ1n) is 7.58. The van der Waals surface area contributed by atoms with Gasteiger partial charge in [-0.1, -0.05) is 17.7 Å². The number of imide groups is 1. The van der Waals surface area contributed by atoms with Crippen molar-refractivity contribution in [2.75, 3.05) is 13.2 Å². The Kier molecular flexibility index (Phi) is 4.88. The lowest BCUT2D eigenvalue weighted by Gasteiger charge is -2.18. The van der Waals surface area contributed by atoms with Gasteiger partial charge in [-0.25, -0.2) is 0 Å². The van der Waals surface area contributed by atoms with Crippen molar-refractivity contribution in [1.29, 1.82) is 0 Å². The molecule has 9 heteroatoms. The molecule has 0 saturated heterocycles. The van der Waals surface area contributed by atoms with Gasteiger partial charge >= 0.3 is 0 Å². The van der Waals surface area contributed by atoms with Gasteiger partial charge in [0.1, 0.15) is 24.0 Å². The Balaban J connectivity index is 1.69. The fourth-order valence-corrected chi connectivity index (χ4v) is 2.75. The van der Waals surface area contributed by atoms with Gasteiger partial charge in [-0.15, -0.1) is 0 Å². The zero-order valence-electron chi connectivity index (χ0n) is 13.3. The van der Waals surface area contributed by atoms with Crippen LogP contribution in [0.15, 0.2) is 42.5 Å². The van der Waals surface area contributed by atoms with E-state index in [9.17, 15) is 24.8 Å². The Bertz CT molecular complexity index is 883. The van der Waals surface area contributed by atoms with Crippen LogP contribution in [0.25, 0.3) is 0 Å². The van der Waals surface area contributed by atoms with E-state index < -0.39 is 28.5 Å². The summed E-state index contributed by atoms with van der Waals surface area (Å²) in [7, 11) is 0. The molecule has 0 aliphatic carbocycles. The molecule has 0 aromatic heterocycles. The van der Waals surface area contributed by atoms with E-state index in [-0.39, 0.29) is 24.3 Å². The Morgan fingerprint density at radius 1 is 1.15 bits per heavy atom. The number of nitro groups is 1. The number of nitrogens with zero attached hydrogens (tertiary/aromatic N) is 2. The lowest BCUT2D eigenvalue weighted by molar-refractivity contribution is -0.385. The minimum Gasteiger partial charge on any atom is -0.491 e. The molecule has 2 amide bonds. The zero-order chi connectivity index (χ0) is 18.8. The standard InChI is InChI=1S/C17H13ClN2O6/c18-10-4-6-12(7-5-10)26-9-11(21)8-19-16(22)13-2-1-3-14(20(24)25)15(13)17(19)23/h1-7,11,21H,8-9H2. The summed E-state index contributed by atoms with van der Waals surface area (Å²) < 4.78 is 5.38. The number of carbonyl (C=O) groups excluding carboxylic acids is 2. The number of hydrogen-bond acceptors (Lipinski definition) is 6. The minimum atomic E-state index is -1.16. The average molecular weight is 377 g/mol. The second kappa shape index (κ2) is 7.11. The van der Waals surface area contributed by atoms with Crippen LogP contribution in [0.1, 0.15) is 20.7 Å². The molecular formula is C17H13ClN2O6. The van der Waals surface area contributed by atoms with Crippen LogP contribution in [0.3, 0.4) is 0 Å². The second-order valence-electron chi connectivity index (χ2n) is 5.60. The predicted molar refractivity (Wildman–Crippen MR) is 91.4 cm³/mol. The number of amides is 2. The highest BCUT2D eigenvalue weighted by atomic mass is 35.5. The van der Waals surface area contributed by atoms with Crippen molar-refractivity contribution in [3.63, 3.8) is 0 Å². The van der Waals surface area contributed by atoms with Gasteiger partial charge in [-0.05, 0) is 30.3 Å². The first-order chi connectivity index (χ1) is 12.4. The summed E-state index contributed by atoms with van der Waals surface area (Å²) in [6.07, 6.45) is -1.16. The molecule has 2 aromatic rings. The van der Waals surface area contributed by atoms with Crippen LogP contribution in [0, 0.1) is 10.1 Å². The highest BCUT2D eigenvalue weighted by Crippen LogP contribution is 2.30. The van der Waals surface area contributed by atoms with Crippen LogP contribution < -0.4 is 4.74 Å². The number of aliphatic hydroxyl groups excluding tert-OH is 1. The normalized spacial score (nSPS) is 14.3. The molecule has 26 heavy (non-hydrogen) atoms. The molecule has 1 aliphatic heterocycles. The third-order valence-electron chi connectivity index (χ3n) is 3.82. The van der Waals surface area contributed by atoms with Gasteiger partial charge < -0.3 is 9.84 Å². The molecular weight excluding hydrogens is 364 g/mol. The van der Waals surface area contributed by atoms with Crippen molar-refractivity contribution >= 4 is 29.1 Å². The molecule has 1 unspecified atom stereocenters. The maximum atomic E-state index is 12.4. The number of rotatable bonds is 6. The Labute approximate surface area is 152 Å². The molecule has 1 N–H and O–H groups in total. The molecule has 0 bridgehead atoms. The summed E-state index contributed by atoms with van der Waals surface area (Å²) in [6, 6.07) is 10.3. The molecule has 1 heterocycles. The highest BCUT2D eigenvalue weighted by molar-refractivity contribution is 6.30. The largest absolute Gasteiger partial charge is 0.491 e. The maximum Gasteiger partial charge on any atom is 0.282 e. The summed E-state index contributed by atoms with van der Waals surface area (Å²) >= 11 is 5.76. The number of halogens is 1. The van der Waals surface area contributed by atoms with E-state index in [4.69, 9.17) is 16.3 Å². The number of aliphatic hydroxyl groups is 1. The van der Waals surface area contributed by atoms with Crippen LogP contribution in [-0.2, 0) is 0 Å². The van der Waals surface area contributed by atoms with E-state index in [2.05, 4.69) is 0 Å². The van der Waals surface area contributed by atoms with Crippen LogP contribution in [-0.4, -0.2) is 46.0 Å². The molecule has 0 fully saturated rings. The quantitative estimate of drug-likeness (QED) is 0.470. The molecule has 2 aromatic carbocycles. The molecule has 0 saturated carbocycles. The number of nitro benzene ring substituents is 1. The second-order valence-corrected chi connectivity index (χ2v) is 6.03. The van der Waals surface area contributed by atoms with Crippen molar-refractivity contribution < 1.29 is 24.4 Å². The van der Waals surface area contributed by atoms with Crippen LogP contribution in [0.4, 0.5) is 5.69 Å². The molecule has 8 nitrogen and oxygen atoms in total.